The number of tetrazole rings is 1. The number of rotatable bonds is 5. The molecule has 0 aliphatic carbocycles. The zero-order chi connectivity index (χ0) is 13.9. The van der Waals surface area contributed by atoms with E-state index in [4.69, 9.17) is 5.73 Å². The second-order valence-corrected chi connectivity index (χ2v) is 4.61. The van der Waals surface area contributed by atoms with Crippen LogP contribution in [0, 0.1) is 0 Å². The van der Waals surface area contributed by atoms with Crippen molar-refractivity contribution in [2.45, 2.75) is 24.4 Å². The lowest BCUT2D eigenvalue weighted by molar-refractivity contribution is 0.310. The largest absolute Gasteiger partial charge is 0.379 e. The highest BCUT2D eigenvalue weighted by molar-refractivity contribution is 7.98. The van der Waals surface area contributed by atoms with Crippen molar-refractivity contribution >= 4 is 17.6 Å². The molecule has 0 aliphatic heterocycles. The highest BCUT2D eigenvalue weighted by atomic mass is 32.2. The molecule has 3 aromatic heterocycles. The van der Waals surface area contributed by atoms with E-state index in [2.05, 4.69) is 45.8 Å². The molecule has 104 valence electrons. The number of thioether (sulfide) groups is 1. The molecule has 0 fully saturated rings. The molecule has 0 amide bonds. The van der Waals surface area contributed by atoms with Crippen LogP contribution in [0.4, 0.5) is 5.82 Å². The van der Waals surface area contributed by atoms with Gasteiger partial charge in [-0.25, -0.2) is 4.63 Å². The van der Waals surface area contributed by atoms with Gasteiger partial charge in [0.2, 0.25) is 0 Å². The monoisotopic (exact) mass is 294 g/mol. The average Bonchev–Trinajstić information content (AvgIpc) is 3.16. The molecule has 0 unspecified atom stereocenters. The van der Waals surface area contributed by atoms with Crippen molar-refractivity contribution in [3.63, 3.8) is 0 Å². The highest BCUT2D eigenvalue weighted by Crippen LogP contribution is 2.26. The van der Waals surface area contributed by atoms with Crippen LogP contribution in [0.1, 0.15) is 12.7 Å². The summed E-state index contributed by atoms with van der Waals surface area (Å²) in [5, 5.41) is 29.8. The van der Waals surface area contributed by atoms with E-state index in [9.17, 15) is 0 Å². The Hall–Kier alpha value is -2.50. The normalized spacial score (nSPS) is 11.1. The summed E-state index contributed by atoms with van der Waals surface area (Å²) >= 11 is 1.44. The third-order valence-corrected chi connectivity index (χ3v) is 3.44. The van der Waals surface area contributed by atoms with Crippen molar-refractivity contribution in [1.82, 2.24) is 45.7 Å². The number of nitrogen functional groups attached to an aromatic ring is 1. The van der Waals surface area contributed by atoms with Crippen LogP contribution in [-0.2, 0) is 12.3 Å². The molecule has 0 bridgehead atoms. The van der Waals surface area contributed by atoms with Gasteiger partial charge in [-0.1, -0.05) is 17.0 Å². The van der Waals surface area contributed by atoms with E-state index in [1.165, 1.54) is 11.8 Å². The maximum Gasteiger partial charge on any atom is 0.199 e. The lowest BCUT2D eigenvalue weighted by Gasteiger charge is -2.04. The fourth-order valence-corrected chi connectivity index (χ4v) is 2.43. The molecule has 0 radical (unpaired) electrons. The predicted octanol–water partition coefficient (Wildman–Crippen LogP) is -0.264. The fourth-order valence-electron chi connectivity index (χ4n) is 1.58. The maximum atomic E-state index is 5.67. The molecule has 0 spiro atoms. The number of nitrogens with zero attached hydrogens (tertiary/aromatic N) is 8. The van der Waals surface area contributed by atoms with Crippen molar-refractivity contribution in [1.29, 1.82) is 0 Å². The maximum absolute atomic E-state index is 5.67. The van der Waals surface area contributed by atoms with Crippen LogP contribution in [0.5, 0.6) is 0 Å². The van der Waals surface area contributed by atoms with Gasteiger partial charge < -0.3 is 10.3 Å². The number of nitrogens with two attached hydrogens (primary N) is 1. The quantitative estimate of drug-likeness (QED) is 0.602. The molecule has 3 rings (SSSR count). The molecule has 3 aromatic rings. The lowest BCUT2D eigenvalue weighted by Crippen LogP contribution is -2.01. The van der Waals surface area contributed by atoms with Gasteiger partial charge in [-0.3, -0.25) is 0 Å². The number of anilines is 1. The summed E-state index contributed by atoms with van der Waals surface area (Å²) in [5.41, 5.74) is 6.05. The van der Waals surface area contributed by atoms with Gasteiger partial charge in [-0.2, -0.15) is 5.21 Å². The minimum atomic E-state index is 0.182. The first-order valence-corrected chi connectivity index (χ1v) is 6.65. The Morgan fingerprint density at radius 3 is 2.85 bits per heavy atom. The Kier molecular flexibility index (Phi) is 3.28. The van der Waals surface area contributed by atoms with Crippen molar-refractivity contribution in [3.8, 4) is 11.5 Å². The summed E-state index contributed by atoms with van der Waals surface area (Å²) in [5.74, 6) is 1.81. The number of aromatic amines is 1. The topological polar surface area (TPSA) is 150 Å². The number of H-pyrrole nitrogens is 1. The minimum absolute atomic E-state index is 0.182. The van der Waals surface area contributed by atoms with E-state index in [1.54, 1.807) is 0 Å². The van der Waals surface area contributed by atoms with Gasteiger partial charge in [0.15, 0.2) is 28.3 Å². The van der Waals surface area contributed by atoms with E-state index in [-0.39, 0.29) is 5.82 Å². The zero-order valence-corrected chi connectivity index (χ0v) is 11.2. The fraction of sp³-hybridized carbons (Fsp3) is 0.375. The molecule has 0 atom stereocenters. The number of hydrogen-bond acceptors (Lipinski definition) is 10. The third kappa shape index (κ3) is 2.20. The van der Waals surface area contributed by atoms with E-state index >= 15 is 0 Å². The van der Waals surface area contributed by atoms with Crippen molar-refractivity contribution < 1.29 is 4.63 Å². The molecule has 11 nitrogen and oxygen atoms in total. The first-order valence-electron chi connectivity index (χ1n) is 5.66. The van der Waals surface area contributed by atoms with Crippen LogP contribution in [0.3, 0.4) is 0 Å². The van der Waals surface area contributed by atoms with Gasteiger partial charge in [-0.05, 0) is 17.2 Å². The number of aromatic nitrogens is 9. The van der Waals surface area contributed by atoms with Crippen LogP contribution in [-0.4, -0.2) is 45.7 Å². The Bertz CT molecular complexity index is 688. The minimum Gasteiger partial charge on any atom is -0.379 e. The average molecular weight is 294 g/mol. The first-order chi connectivity index (χ1) is 9.79. The Morgan fingerprint density at radius 1 is 1.30 bits per heavy atom. The van der Waals surface area contributed by atoms with Gasteiger partial charge in [0.1, 0.15) is 0 Å². The van der Waals surface area contributed by atoms with E-state index in [0.29, 0.717) is 34.8 Å². The number of hydrogen-bond donors (Lipinski definition) is 2. The standard InChI is InChI=1S/C8H10N10OS/c1-2-18-7(5-6(9)15-19-14-5)12-13-8(18)20-3-4-10-16-17-11-4/h2-3H2,1H3,(H2,9,15)(H,10,11,16,17). The Labute approximate surface area is 116 Å². The van der Waals surface area contributed by atoms with E-state index in [1.807, 2.05) is 11.5 Å². The Balaban J connectivity index is 1.86. The van der Waals surface area contributed by atoms with Gasteiger partial charge in [0, 0.05) is 6.54 Å². The second kappa shape index (κ2) is 5.24. The summed E-state index contributed by atoms with van der Waals surface area (Å²) in [6, 6.07) is 0. The van der Waals surface area contributed by atoms with Gasteiger partial charge in [-0.15, -0.1) is 20.4 Å². The van der Waals surface area contributed by atoms with E-state index in [0.717, 1.165) is 0 Å². The molecule has 20 heavy (non-hydrogen) atoms. The predicted molar refractivity (Wildman–Crippen MR) is 67.1 cm³/mol. The summed E-state index contributed by atoms with van der Waals surface area (Å²) in [6.45, 7) is 2.62. The van der Waals surface area contributed by atoms with Crippen LogP contribution < -0.4 is 5.73 Å². The van der Waals surface area contributed by atoms with Gasteiger partial charge in [0.25, 0.3) is 0 Å². The molecule has 0 aromatic carbocycles. The summed E-state index contributed by atoms with van der Waals surface area (Å²) in [7, 11) is 0. The SMILES string of the molecule is CCn1c(SCc2nn[nH]n2)nnc1-c1nonc1N. The molecular formula is C8H10N10OS. The van der Waals surface area contributed by atoms with Crippen molar-refractivity contribution in [2.24, 2.45) is 0 Å². The van der Waals surface area contributed by atoms with Crippen LogP contribution in [0.2, 0.25) is 0 Å². The molecule has 12 heteroatoms. The lowest BCUT2D eigenvalue weighted by atomic mass is 10.4. The van der Waals surface area contributed by atoms with Gasteiger partial charge >= 0.3 is 0 Å². The van der Waals surface area contributed by atoms with Crippen molar-refractivity contribution in [2.75, 3.05) is 5.73 Å². The molecule has 0 aliphatic rings. The highest BCUT2D eigenvalue weighted by Gasteiger charge is 2.19. The number of nitrogens with one attached hydrogen (secondary N) is 1. The molecule has 0 saturated carbocycles. The third-order valence-electron chi connectivity index (χ3n) is 2.48. The Morgan fingerprint density at radius 2 is 2.20 bits per heavy atom. The smallest absolute Gasteiger partial charge is 0.199 e. The molecule has 0 saturated heterocycles. The second-order valence-electron chi connectivity index (χ2n) is 3.67. The molecule has 3 N–H and O–H groups in total. The molecule has 3 heterocycles. The first kappa shape index (κ1) is 12.5. The van der Waals surface area contributed by atoms with Gasteiger partial charge in [0.05, 0.1) is 5.75 Å². The summed E-state index contributed by atoms with van der Waals surface area (Å²) < 4.78 is 6.44. The van der Waals surface area contributed by atoms with E-state index < -0.39 is 0 Å². The summed E-state index contributed by atoms with van der Waals surface area (Å²) in [6.07, 6.45) is 0. The molecular weight excluding hydrogens is 284 g/mol. The zero-order valence-electron chi connectivity index (χ0n) is 10.4. The van der Waals surface area contributed by atoms with Crippen LogP contribution >= 0.6 is 11.8 Å². The van der Waals surface area contributed by atoms with Crippen LogP contribution in [0.15, 0.2) is 9.79 Å². The van der Waals surface area contributed by atoms with Crippen molar-refractivity contribution in [3.05, 3.63) is 5.82 Å². The summed E-state index contributed by atoms with van der Waals surface area (Å²) in [4.78, 5) is 0. The van der Waals surface area contributed by atoms with Crippen LogP contribution in [0.25, 0.3) is 11.5 Å².